The molecule has 3 aliphatic rings. The number of hydrogen-bond donors (Lipinski definition) is 1. The fourth-order valence-corrected chi connectivity index (χ4v) is 4.72. The van der Waals surface area contributed by atoms with Crippen molar-refractivity contribution in [1.29, 1.82) is 0 Å². The second kappa shape index (κ2) is 6.78. The number of nitrogens with zero attached hydrogens (tertiary/aromatic N) is 3. The Balaban J connectivity index is 1.23. The molecule has 2 heterocycles. The summed E-state index contributed by atoms with van der Waals surface area (Å²) in [6, 6.07) is 1.70. The number of anilines is 1. The molecule has 2 aliphatic carbocycles. The van der Waals surface area contributed by atoms with Crippen molar-refractivity contribution in [2.75, 3.05) is 38.0 Å². The quantitative estimate of drug-likeness (QED) is 0.894. The molecular weight excluding hydrogens is 320 g/mol. The zero-order valence-corrected chi connectivity index (χ0v) is 14.7. The average Bonchev–Trinajstić information content (AvgIpc) is 3.32. The Kier molecular flexibility index (Phi) is 4.50. The molecule has 1 aromatic rings. The van der Waals surface area contributed by atoms with Crippen LogP contribution in [0.4, 0.5) is 5.82 Å². The highest BCUT2D eigenvalue weighted by Gasteiger charge is 2.44. The molecule has 0 spiro atoms. The molecular formula is C18H26N4O3. The fraction of sp³-hybridized carbons (Fsp3) is 0.722. The zero-order chi connectivity index (χ0) is 17.4. The predicted octanol–water partition coefficient (Wildman–Crippen LogP) is 1.50. The summed E-state index contributed by atoms with van der Waals surface area (Å²) in [6.07, 6.45) is 4.92. The van der Waals surface area contributed by atoms with E-state index in [2.05, 4.69) is 15.4 Å². The topological polar surface area (TPSA) is 78.7 Å². The molecule has 0 unspecified atom stereocenters. The lowest BCUT2D eigenvalue weighted by molar-refractivity contribution is -0.139. The number of carbonyl (C=O) groups excluding carboxylic acids is 2. The van der Waals surface area contributed by atoms with Gasteiger partial charge < -0.3 is 14.7 Å². The third kappa shape index (κ3) is 3.56. The maximum atomic E-state index is 12.8. The Labute approximate surface area is 147 Å². The van der Waals surface area contributed by atoms with Gasteiger partial charge in [0, 0.05) is 38.2 Å². The molecule has 2 amide bonds. The number of aromatic nitrogens is 1. The van der Waals surface area contributed by atoms with Gasteiger partial charge in [0.1, 0.15) is 5.76 Å². The van der Waals surface area contributed by atoms with Crippen LogP contribution in [0.2, 0.25) is 0 Å². The Bertz CT molecular complexity index is 651. The van der Waals surface area contributed by atoms with Gasteiger partial charge in [-0.15, -0.1) is 0 Å². The van der Waals surface area contributed by atoms with E-state index in [0.29, 0.717) is 29.9 Å². The molecule has 4 rings (SSSR count). The van der Waals surface area contributed by atoms with Crippen LogP contribution in [0.3, 0.4) is 0 Å². The monoisotopic (exact) mass is 346 g/mol. The first-order valence-electron chi connectivity index (χ1n) is 9.33. The van der Waals surface area contributed by atoms with Gasteiger partial charge in [0.25, 0.3) is 0 Å². The van der Waals surface area contributed by atoms with Gasteiger partial charge in [-0.1, -0.05) is 11.6 Å². The molecule has 1 N–H and O–H groups in total. The van der Waals surface area contributed by atoms with Gasteiger partial charge in [-0.3, -0.25) is 14.5 Å². The average molecular weight is 346 g/mol. The lowest BCUT2D eigenvalue weighted by Gasteiger charge is -2.36. The molecule has 2 bridgehead atoms. The molecule has 25 heavy (non-hydrogen) atoms. The minimum Gasteiger partial charge on any atom is -0.360 e. The summed E-state index contributed by atoms with van der Waals surface area (Å²) in [5, 5.41) is 6.51. The van der Waals surface area contributed by atoms with E-state index in [-0.39, 0.29) is 11.8 Å². The van der Waals surface area contributed by atoms with Gasteiger partial charge in [0.15, 0.2) is 5.82 Å². The summed E-state index contributed by atoms with van der Waals surface area (Å²) in [4.78, 5) is 29.0. The van der Waals surface area contributed by atoms with E-state index < -0.39 is 0 Å². The molecule has 0 aromatic carbocycles. The van der Waals surface area contributed by atoms with Crippen LogP contribution >= 0.6 is 0 Å². The maximum absolute atomic E-state index is 12.8. The van der Waals surface area contributed by atoms with Crippen LogP contribution in [-0.2, 0) is 9.59 Å². The van der Waals surface area contributed by atoms with E-state index in [9.17, 15) is 9.59 Å². The van der Waals surface area contributed by atoms with Gasteiger partial charge in [-0.2, -0.15) is 0 Å². The number of hydrogen-bond acceptors (Lipinski definition) is 5. The SMILES string of the molecule is Cc1cc(NC(=O)CN2CCN(C(=O)[C@@H]3C[C@@H]4CC[C@@H]3C4)CC2)no1. The van der Waals surface area contributed by atoms with Crippen molar-refractivity contribution in [2.24, 2.45) is 17.8 Å². The van der Waals surface area contributed by atoms with Crippen molar-refractivity contribution >= 4 is 17.6 Å². The normalized spacial score (nSPS) is 29.2. The van der Waals surface area contributed by atoms with E-state index in [1.807, 2.05) is 4.90 Å². The summed E-state index contributed by atoms with van der Waals surface area (Å²) in [5.74, 6) is 3.08. The van der Waals surface area contributed by atoms with Crippen LogP contribution < -0.4 is 5.32 Å². The lowest BCUT2D eigenvalue weighted by Crippen LogP contribution is -2.52. The minimum atomic E-state index is -0.0961. The molecule has 3 atom stereocenters. The highest BCUT2D eigenvalue weighted by Crippen LogP contribution is 2.48. The number of carbonyl (C=O) groups is 2. The second-order valence-electron chi connectivity index (χ2n) is 7.75. The first kappa shape index (κ1) is 16.6. The fourth-order valence-electron chi connectivity index (χ4n) is 4.72. The van der Waals surface area contributed by atoms with Crippen molar-refractivity contribution in [3.63, 3.8) is 0 Å². The van der Waals surface area contributed by atoms with Gasteiger partial charge in [0.05, 0.1) is 6.54 Å². The molecule has 3 fully saturated rings. The number of piperazine rings is 1. The van der Waals surface area contributed by atoms with Crippen molar-refractivity contribution in [3.05, 3.63) is 11.8 Å². The summed E-state index contributed by atoms with van der Waals surface area (Å²) in [6.45, 7) is 5.05. The summed E-state index contributed by atoms with van der Waals surface area (Å²) >= 11 is 0. The summed E-state index contributed by atoms with van der Waals surface area (Å²) in [7, 11) is 0. The summed E-state index contributed by atoms with van der Waals surface area (Å²) in [5.41, 5.74) is 0. The number of fused-ring (bicyclic) bond motifs is 2. The third-order valence-corrected chi connectivity index (χ3v) is 6.00. The Hall–Kier alpha value is -1.89. The van der Waals surface area contributed by atoms with Gasteiger partial charge >= 0.3 is 0 Å². The molecule has 7 heteroatoms. The first-order valence-corrected chi connectivity index (χ1v) is 9.33. The van der Waals surface area contributed by atoms with Crippen LogP contribution in [-0.4, -0.2) is 59.5 Å². The van der Waals surface area contributed by atoms with Crippen molar-refractivity contribution in [3.8, 4) is 0 Å². The molecule has 1 aliphatic heterocycles. The Morgan fingerprint density at radius 3 is 2.64 bits per heavy atom. The standard InChI is InChI=1S/C18H26N4O3/c1-12-8-16(20-25-12)19-17(23)11-21-4-6-22(7-5-21)18(24)15-10-13-2-3-14(15)9-13/h8,13-15H,2-7,9-11H2,1H3,(H,19,20,23)/t13-,14-,15-/m1/s1. The van der Waals surface area contributed by atoms with Gasteiger partial charge in [-0.05, 0) is 38.0 Å². The van der Waals surface area contributed by atoms with Crippen LogP contribution in [0.25, 0.3) is 0 Å². The second-order valence-corrected chi connectivity index (χ2v) is 7.75. The van der Waals surface area contributed by atoms with E-state index in [4.69, 9.17) is 4.52 Å². The molecule has 1 saturated heterocycles. The third-order valence-electron chi connectivity index (χ3n) is 6.00. The zero-order valence-electron chi connectivity index (χ0n) is 14.7. The van der Waals surface area contributed by atoms with Crippen molar-refractivity contribution < 1.29 is 14.1 Å². The Morgan fingerprint density at radius 1 is 1.24 bits per heavy atom. The highest BCUT2D eigenvalue weighted by atomic mass is 16.5. The predicted molar refractivity (Wildman–Crippen MR) is 91.8 cm³/mol. The molecule has 136 valence electrons. The van der Waals surface area contributed by atoms with Crippen molar-refractivity contribution in [1.82, 2.24) is 15.0 Å². The summed E-state index contributed by atoms with van der Waals surface area (Å²) < 4.78 is 4.94. The minimum absolute atomic E-state index is 0.0961. The number of aryl methyl sites for hydroxylation is 1. The number of rotatable bonds is 4. The van der Waals surface area contributed by atoms with Gasteiger partial charge in [-0.25, -0.2) is 0 Å². The van der Waals surface area contributed by atoms with Gasteiger partial charge in [0.2, 0.25) is 11.8 Å². The number of amides is 2. The largest absolute Gasteiger partial charge is 0.360 e. The number of nitrogens with one attached hydrogen (secondary N) is 1. The Morgan fingerprint density at radius 2 is 2.04 bits per heavy atom. The molecule has 0 radical (unpaired) electrons. The first-order chi connectivity index (χ1) is 12.1. The molecule has 7 nitrogen and oxygen atoms in total. The van der Waals surface area contributed by atoms with Crippen LogP contribution in [0.5, 0.6) is 0 Å². The van der Waals surface area contributed by atoms with Crippen molar-refractivity contribution in [2.45, 2.75) is 32.6 Å². The van der Waals surface area contributed by atoms with E-state index in [1.54, 1.807) is 13.0 Å². The molecule has 1 aromatic heterocycles. The van der Waals surface area contributed by atoms with E-state index >= 15 is 0 Å². The van der Waals surface area contributed by atoms with Crippen LogP contribution in [0, 0.1) is 24.7 Å². The smallest absolute Gasteiger partial charge is 0.239 e. The van der Waals surface area contributed by atoms with Crippen LogP contribution in [0.1, 0.15) is 31.4 Å². The van der Waals surface area contributed by atoms with E-state index in [0.717, 1.165) is 38.5 Å². The maximum Gasteiger partial charge on any atom is 0.239 e. The molecule has 2 saturated carbocycles. The lowest BCUT2D eigenvalue weighted by atomic mass is 9.87. The highest BCUT2D eigenvalue weighted by molar-refractivity contribution is 5.91. The van der Waals surface area contributed by atoms with E-state index in [1.165, 1.54) is 19.3 Å². The van der Waals surface area contributed by atoms with Crippen LogP contribution in [0.15, 0.2) is 10.6 Å².